The van der Waals surface area contributed by atoms with Gasteiger partial charge in [0.2, 0.25) is 0 Å². The van der Waals surface area contributed by atoms with Gasteiger partial charge in [-0.1, -0.05) is 42.5 Å². The molecule has 2 heterocycles. The molecule has 0 amide bonds. The van der Waals surface area contributed by atoms with Crippen LogP contribution in [0.15, 0.2) is 54.6 Å². The van der Waals surface area contributed by atoms with Gasteiger partial charge in [-0.25, -0.2) is 4.39 Å². The van der Waals surface area contributed by atoms with Crippen molar-refractivity contribution in [2.24, 2.45) is 0 Å². The Kier molecular flexibility index (Phi) is 6.25. The van der Waals surface area contributed by atoms with Crippen molar-refractivity contribution in [3.63, 3.8) is 0 Å². The summed E-state index contributed by atoms with van der Waals surface area (Å²) in [5.74, 6) is -0.183. The minimum absolute atomic E-state index is 0. The molecule has 4 rings (SSSR count). The second-order valence-corrected chi connectivity index (χ2v) is 7.92. The van der Waals surface area contributed by atoms with Gasteiger partial charge in [0.1, 0.15) is 5.82 Å². The molecule has 1 N–H and O–H groups in total. The molecule has 0 atom stereocenters. The number of hydrogen-bond donors (Lipinski definition) is 1. The smallest absolute Gasteiger partial charge is 0.146 e. The van der Waals surface area contributed by atoms with Crippen molar-refractivity contribution in [1.29, 1.82) is 0 Å². The summed E-state index contributed by atoms with van der Waals surface area (Å²) >= 11 is 0. The van der Waals surface area contributed by atoms with Gasteiger partial charge in [0, 0.05) is 59.4 Å². The van der Waals surface area contributed by atoms with Gasteiger partial charge in [0.25, 0.3) is 0 Å². The minimum atomic E-state index is -0.183. The van der Waals surface area contributed by atoms with E-state index in [1.165, 1.54) is 11.6 Å². The lowest BCUT2D eigenvalue weighted by Crippen LogP contribution is -2.61. The zero-order valence-corrected chi connectivity index (χ0v) is 16.4. The fourth-order valence-corrected chi connectivity index (χ4v) is 4.44. The Labute approximate surface area is 168 Å². The molecule has 152 valence electrons. The molecule has 0 aromatic heterocycles. The van der Waals surface area contributed by atoms with Crippen molar-refractivity contribution in [3.05, 3.63) is 66.0 Å². The lowest BCUT2D eigenvalue weighted by molar-refractivity contribution is -0.0414. The quantitative estimate of drug-likeness (QED) is 0.817. The number of hydrogen-bond acceptors (Lipinski definition) is 4. The van der Waals surface area contributed by atoms with E-state index < -0.39 is 0 Å². The molecule has 2 aliphatic rings. The van der Waals surface area contributed by atoms with Crippen molar-refractivity contribution in [1.82, 2.24) is 9.80 Å². The van der Waals surface area contributed by atoms with Crippen molar-refractivity contribution in [3.8, 4) is 0 Å². The molecule has 0 saturated carbocycles. The molecule has 4 nitrogen and oxygen atoms in total. The van der Waals surface area contributed by atoms with Crippen LogP contribution in [0.3, 0.4) is 0 Å². The molecule has 2 aromatic rings. The van der Waals surface area contributed by atoms with E-state index >= 15 is 0 Å². The zero-order chi connectivity index (χ0) is 19.2. The lowest BCUT2D eigenvalue weighted by atomic mass is 9.87. The zero-order valence-electron chi connectivity index (χ0n) is 16.4. The van der Waals surface area contributed by atoms with Crippen molar-refractivity contribution >= 4 is 5.69 Å². The van der Waals surface area contributed by atoms with Gasteiger partial charge in [-0.3, -0.25) is 9.80 Å². The highest BCUT2D eigenvalue weighted by molar-refractivity contribution is 5.44. The highest BCUT2D eigenvalue weighted by Gasteiger charge is 2.39. The first-order valence-corrected chi connectivity index (χ1v) is 10.3. The van der Waals surface area contributed by atoms with Gasteiger partial charge >= 0.3 is 0 Å². The normalized spacial score (nSPS) is 20.8. The minimum Gasteiger partial charge on any atom is -0.381 e. The van der Waals surface area contributed by atoms with Crippen LogP contribution in [0.25, 0.3) is 0 Å². The molecule has 28 heavy (non-hydrogen) atoms. The molecule has 0 bridgehead atoms. The largest absolute Gasteiger partial charge is 0.381 e. The molecule has 2 saturated heterocycles. The van der Waals surface area contributed by atoms with Crippen LogP contribution < -0.4 is 5.32 Å². The molecule has 2 aromatic carbocycles. The van der Waals surface area contributed by atoms with E-state index in [1.807, 2.05) is 12.1 Å². The third kappa shape index (κ3) is 4.54. The molecule has 0 aliphatic carbocycles. The molecule has 0 unspecified atom stereocenters. The Morgan fingerprint density at radius 2 is 1.61 bits per heavy atom. The summed E-state index contributed by atoms with van der Waals surface area (Å²) < 4.78 is 19.7. The summed E-state index contributed by atoms with van der Waals surface area (Å²) in [6.45, 7) is 7.56. The first kappa shape index (κ1) is 19.4. The summed E-state index contributed by atoms with van der Waals surface area (Å²) in [6.07, 6.45) is 1.99. The number of piperazine rings is 1. The van der Waals surface area contributed by atoms with E-state index in [1.54, 1.807) is 6.07 Å². The molecule has 2 fully saturated rings. The predicted octanol–water partition coefficient (Wildman–Crippen LogP) is 3.85. The fourth-order valence-electron chi connectivity index (χ4n) is 4.44. The predicted molar refractivity (Wildman–Crippen MR) is 113 cm³/mol. The monoisotopic (exact) mass is 385 g/mol. The molecular weight excluding hydrogens is 353 g/mol. The average Bonchev–Trinajstić information content (AvgIpc) is 2.75. The highest BCUT2D eigenvalue weighted by Crippen LogP contribution is 2.30. The van der Waals surface area contributed by atoms with Gasteiger partial charge in [-0.05, 0) is 30.5 Å². The lowest BCUT2D eigenvalue weighted by Gasteiger charge is -2.50. The summed E-state index contributed by atoms with van der Waals surface area (Å²) in [4.78, 5) is 5.15. The van der Waals surface area contributed by atoms with Gasteiger partial charge in [-0.2, -0.15) is 0 Å². The van der Waals surface area contributed by atoms with Crippen LogP contribution in [0.2, 0.25) is 0 Å². The molecule has 0 radical (unpaired) electrons. The summed E-state index contributed by atoms with van der Waals surface area (Å²) in [5, 5.41) is 3.39. The average molecular weight is 386 g/mol. The van der Waals surface area contributed by atoms with Crippen molar-refractivity contribution in [2.75, 3.05) is 51.3 Å². The number of halogens is 1. The van der Waals surface area contributed by atoms with E-state index in [0.29, 0.717) is 5.69 Å². The number of nitrogens with one attached hydrogen (secondary N) is 1. The van der Waals surface area contributed by atoms with Crippen LogP contribution in [-0.4, -0.2) is 61.3 Å². The maximum Gasteiger partial charge on any atom is 0.146 e. The van der Waals surface area contributed by atoms with E-state index in [4.69, 9.17) is 4.74 Å². The van der Waals surface area contributed by atoms with Gasteiger partial charge < -0.3 is 10.1 Å². The second kappa shape index (κ2) is 9.03. The van der Waals surface area contributed by atoms with Crippen LogP contribution in [0.5, 0.6) is 0 Å². The van der Waals surface area contributed by atoms with Gasteiger partial charge in [-0.15, -0.1) is 0 Å². The Bertz CT molecular complexity index is 747. The van der Waals surface area contributed by atoms with E-state index in [-0.39, 0.29) is 12.8 Å². The van der Waals surface area contributed by atoms with Crippen LogP contribution in [0, 0.1) is 5.82 Å². The standard InChI is InChI=1S/C23H30FN3O.H2/c24-21-8-4-5-9-22(21)25-19-23(10-16-28-17-11-23)27-14-12-26(13-15-27)18-20-6-2-1-3-7-20;/h1-9,25H,10-19H2;1H. The maximum absolute atomic E-state index is 14.1. The first-order valence-electron chi connectivity index (χ1n) is 10.3. The Morgan fingerprint density at radius 3 is 2.32 bits per heavy atom. The summed E-state index contributed by atoms with van der Waals surface area (Å²) in [7, 11) is 0. The van der Waals surface area contributed by atoms with Crippen molar-refractivity contribution in [2.45, 2.75) is 24.9 Å². The van der Waals surface area contributed by atoms with Crippen LogP contribution in [0.1, 0.15) is 19.8 Å². The van der Waals surface area contributed by atoms with Crippen molar-refractivity contribution < 1.29 is 10.6 Å². The first-order chi connectivity index (χ1) is 13.8. The fraction of sp³-hybridized carbons (Fsp3) is 0.478. The van der Waals surface area contributed by atoms with E-state index in [2.05, 4.69) is 45.4 Å². The van der Waals surface area contributed by atoms with Gasteiger partial charge in [0.15, 0.2) is 0 Å². The second-order valence-electron chi connectivity index (χ2n) is 7.92. The molecule has 5 heteroatoms. The molecule has 0 spiro atoms. The summed E-state index contributed by atoms with van der Waals surface area (Å²) in [6, 6.07) is 17.6. The maximum atomic E-state index is 14.1. The van der Waals surface area contributed by atoms with Crippen LogP contribution >= 0.6 is 0 Å². The van der Waals surface area contributed by atoms with E-state index in [9.17, 15) is 4.39 Å². The Balaban J connectivity index is 0.00000240. The third-order valence-electron chi connectivity index (χ3n) is 6.20. The van der Waals surface area contributed by atoms with Gasteiger partial charge in [0.05, 0.1) is 5.69 Å². The number of para-hydroxylation sites is 1. The Morgan fingerprint density at radius 1 is 0.929 bits per heavy atom. The number of ether oxygens (including phenoxy) is 1. The summed E-state index contributed by atoms with van der Waals surface area (Å²) in [5.41, 5.74) is 2.01. The SMILES string of the molecule is Fc1ccccc1NCC1(N2CCN(Cc3ccccc3)CC2)CCOCC1.[HH]. The number of anilines is 1. The Hall–Kier alpha value is -1.95. The third-order valence-corrected chi connectivity index (χ3v) is 6.20. The van der Waals surface area contributed by atoms with Crippen LogP contribution in [-0.2, 0) is 11.3 Å². The number of rotatable bonds is 6. The highest BCUT2D eigenvalue weighted by atomic mass is 19.1. The molecular formula is C23H32FN3O. The van der Waals surface area contributed by atoms with Crippen LogP contribution in [0.4, 0.5) is 10.1 Å². The van der Waals surface area contributed by atoms with E-state index in [0.717, 1.165) is 65.3 Å². The molecule has 2 aliphatic heterocycles. The topological polar surface area (TPSA) is 27.7 Å². The number of nitrogens with zero attached hydrogens (tertiary/aromatic N) is 2. The number of benzene rings is 2.